The molecule has 3 rings (SSSR count). The first-order chi connectivity index (χ1) is 7.84. The molecule has 0 aromatic carbocycles. The van der Waals surface area contributed by atoms with Crippen molar-refractivity contribution in [1.82, 2.24) is 9.97 Å². The first kappa shape index (κ1) is 10.3. The normalized spacial score (nSPS) is 24.6. The molecule has 88 valence electrons. The van der Waals surface area contributed by atoms with Crippen molar-refractivity contribution in [2.45, 2.75) is 37.0 Å². The van der Waals surface area contributed by atoms with Gasteiger partial charge in [-0.15, -0.1) is 0 Å². The predicted molar refractivity (Wildman–Crippen MR) is 61.3 cm³/mol. The van der Waals surface area contributed by atoms with Crippen LogP contribution in [0.4, 0.5) is 0 Å². The third-order valence-electron chi connectivity index (χ3n) is 4.04. The molecule has 1 aliphatic carbocycles. The Labute approximate surface area is 95.6 Å². The van der Waals surface area contributed by atoms with E-state index in [1.54, 1.807) is 0 Å². The molecule has 2 fully saturated rings. The summed E-state index contributed by atoms with van der Waals surface area (Å²) in [4.78, 5) is 7.99. The van der Waals surface area contributed by atoms with Gasteiger partial charge in [0.1, 0.15) is 5.82 Å². The Morgan fingerprint density at radius 2 is 2.19 bits per heavy atom. The van der Waals surface area contributed by atoms with E-state index in [0.29, 0.717) is 25.7 Å². The summed E-state index contributed by atoms with van der Waals surface area (Å²) in [6.45, 7) is 2.03. The van der Waals surface area contributed by atoms with Gasteiger partial charge in [-0.3, -0.25) is 0 Å². The van der Waals surface area contributed by atoms with Crippen molar-refractivity contribution in [1.29, 1.82) is 0 Å². The van der Waals surface area contributed by atoms with Gasteiger partial charge in [-0.25, -0.2) is 4.98 Å². The maximum atomic E-state index is 5.82. The minimum absolute atomic E-state index is 0.0309. The van der Waals surface area contributed by atoms with Crippen molar-refractivity contribution in [2.75, 3.05) is 19.8 Å². The molecule has 1 saturated carbocycles. The van der Waals surface area contributed by atoms with E-state index in [1.807, 2.05) is 6.20 Å². The van der Waals surface area contributed by atoms with Crippen molar-refractivity contribution in [3.8, 4) is 0 Å². The SMILES string of the molecule is NCC1(c2ncc(C3CCCC3)[nH]2)COC1. The van der Waals surface area contributed by atoms with Crippen molar-refractivity contribution in [2.24, 2.45) is 5.73 Å². The first-order valence-electron chi connectivity index (χ1n) is 6.17. The molecule has 0 amide bonds. The molecular weight excluding hydrogens is 202 g/mol. The van der Waals surface area contributed by atoms with E-state index < -0.39 is 0 Å². The lowest BCUT2D eigenvalue weighted by Crippen LogP contribution is -2.52. The minimum Gasteiger partial charge on any atom is -0.379 e. The highest BCUT2D eigenvalue weighted by atomic mass is 16.5. The number of nitrogens with two attached hydrogens (primary N) is 1. The lowest BCUT2D eigenvalue weighted by Gasteiger charge is -2.38. The highest BCUT2D eigenvalue weighted by Crippen LogP contribution is 2.35. The van der Waals surface area contributed by atoms with Crippen LogP contribution in [-0.2, 0) is 10.2 Å². The van der Waals surface area contributed by atoms with Gasteiger partial charge in [0.2, 0.25) is 0 Å². The van der Waals surface area contributed by atoms with E-state index in [1.165, 1.54) is 31.4 Å². The number of aromatic amines is 1. The van der Waals surface area contributed by atoms with Gasteiger partial charge in [-0.2, -0.15) is 0 Å². The van der Waals surface area contributed by atoms with Crippen LogP contribution in [0.15, 0.2) is 6.20 Å². The Morgan fingerprint density at radius 1 is 1.44 bits per heavy atom. The molecule has 0 spiro atoms. The zero-order chi connectivity index (χ0) is 11.0. The number of nitrogens with one attached hydrogen (secondary N) is 1. The number of hydrogen-bond acceptors (Lipinski definition) is 3. The van der Waals surface area contributed by atoms with Gasteiger partial charge in [-0.1, -0.05) is 12.8 Å². The lowest BCUT2D eigenvalue weighted by atomic mass is 9.85. The molecule has 4 nitrogen and oxygen atoms in total. The fourth-order valence-corrected chi connectivity index (χ4v) is 2.75. The average molecular weight is 221 g/mol. The number of aromatic nitrogens is 2. The number of nitrogens with zero attached hydrogens (tertiary/aromatic N) is 1. The van der Waals surface area contributed by atoms with Gasteiger partial charge in [0, 0.05) is 24.4 Å². The number of imidazole rings is 1. The van der Waals surface area contributed by atoms with Crippen LogP contribution < -0.4 is 5.73 Å². The fraction of sp³-hybridized carbons (Fsp3) is 0.750. The second kappa shape index (κ2) is 3.86. The molecule has 0 bridgehead atoms. The minimum atomic E-state index is -0.0309. The summed E-state index contributed by atoms with van der Waals surface area (Å²) < 4.78 is 5.28. The second-order valence-corrected chi connectivity index (χ2v) is 5.15. The molecule has 0 atom stereocenters. The molecule has 1 aromatic heterocycles. The zero-order valence-corrected chi connectivity index (χ0v) is 9.54. The van der Waals surface area contributed by atoms with Crippen molar-refractivity contribution in [3.05, 3.63) is 17.7 Å². The molecule has 0 radical (unpaired) electrons. The molecule has 2 aliphatic rings. The van der Waals surface area contributed by atoms with Crippen molar-refractivity contribution < 1.29 is 4.74 Å². The van der Waals surface area contributed by atoms with Gasteiger partial charge >= 0.3 is 0 Å². The zero-order valence-electron chi connectivity index (χ0n) is 9.54. The van der Waals surface area contributed by atoms with E-state index >= 15 is 0 Å². The molecular formula is C12H19N3O. The standard InChI is InChI=1S/C12H19N3O/c13-6-12(7-16-8-12)11-14-5-10(15-11)9-3-1-2-4-9/h5,9H,1-4,6-8,13H2,(H,14,15). The summed E-state index contributed by atoms with van der Waals surface area (Å²) in [5, 5.41) is 0. The topological polar surface area (TPSA) is 63.9 Å². The highest BCUT2D eigenvalue weighted by Gasteiger charge is 2.42. The maximum Gasteiger partial charge on any atom is 0.118 e. The smallest absolute Gasteiger partial charge is 0.118 e. The van der Waals surface area contributed by atoms with E-state index in [4.69, 9.17) is 10.5 Å². The van der Waals surface area contributed by atoms with Crippen LogP contribution in [0.1, 0.15) is 43.1 Å². The molecule has 4 heteroatoms. The van der Waals surface area contributed by atoms with E-state index in [0.717, 1.165) is 5.82 Å². The number of rotatable bonds is 3. The van der Waals surface area contributed by atoms with Gasteiger partial charge in [-0.05, 0) is 12.8 Å². The van der Waals surface area contributed by atoms with Gasteiger partial charge < -0.3 is 15.5 Å². The lowest BCUT2D eigenvalue weighted by molar-refractivity contribution is -0.0590. The van der Waals surface area contributed by atoms with Crippen LogP contribution in [0.2, 0.25) is 0 Å². The summed E-state index contributed by atoms with van der Waals surface area (Å²) in [7, 11) is 0. The highest BCUT2D eigenvalue weighted by molar-refractivity contribution is 5.19. The number of hydrogen-bond donors (Lipinski definition) is 2. The molecule has 3 N–H and O–H groups in total. The van der Waals surface area contributed by atoms with Gasteiger partial charge in [0.15, 0.2) is 0 Å². The summed E-state index contributed by atoms with van der Waals surface area (Å²) in [6, 6.07) is 0. The quantitative estimate of drug-likeness (QED) is 0.808. The molecule has 1 aromatic rings. The average Bonchev–Trinajstić information content (AvgIpc) is 2.86. The van der Waals surface area contributed by atoms with Crippen LogP contribution in [0.3, 0.4) is 0 Å². The second-order valence-electron chi connectivity index (χ2n) is 5.15. The maximum absolute atomic E-state index is 5.82. The van der Waals surface area contributed by atoms with E-state index in [-0.39, 0.29) is 5.41 Å². The molecule has 16 heavy (non-hydrogen) atoms. The summed E-state index contributed by atoms with van der Waals surface area (Å²) >= 11 is 0. The van der Waals surface area contributed by atoms with Crippen LogP contribution >= 0.6 is 0 Å². The molecule has 0 unspecified atom stereocenters. The summed E-state index contributed by atoms with van der Waals surface area (Å²) in [5.74, 6) is 1.72. The third kappa shape index (κ3) is 1.48. The van der Waals surface area contributed by atoms with E-state index in [2.05, 4.69) is 9.97 Å². The van der Waals surface area contributed by atoms with E-state index in [9.17, 15) is 0 Å². The van der Waals surface area contributed by atoms with Crippen LogP contribution in [0.5, 0.6) is 0 Å². The fourth-order valence-electron chi connectivity index (χ4n) is 2.75. The Bertz CT molecular complexity index is 359. The Hall–Kier alpha value is -0.870. The van der Waals surface area contributed by atoms with Crippen LogP contribution in [0, 0.1) is 0 Å². The Kier molecular flexibility index (Phi) is 2.48. The van der Waals surface area contributed by atoms with Crippen LogP contribution in [0.25, 0.3) is 0 Å². The number of ether oxygens (including phenoxy) is 1. The van der Waals surface area contributed by atoms with Gasteiger partial charge in [0.05, 0.1) is 18.6 Å². The third-order valence-corrected chi connectivity index (χ3v) is 4.04. The first-order valence-corrected chi connectivity index (χ1v) is 6.17. The van der Waals surface area contributed by atoms with Gasteiger partial charge in [0.25, 0.3) is 0 Å². The van der Waals surface area contributed by atoms with Crippen molar-refractivity contribution in [3.63, 3.8) is 0 Å². The molecule has 1 aliphatic heterocycles. The van der Waals surface area contributed by atoms with Crippen molar-refractivity contribution >= 4 is 0 Å². The monoisotopic (exact) mass is 221 g/mol. The van der Waals surface area contributed by atoms with Crippen LogP contribution in [-0.4, -0.2) is 29.7 Å². The Balaban J connectivity index is 1.81. The summed E-state index contributed by atoms with van der Waals surface area (Å²) in [5.41, 5.74) is 7.09. The number of H-pyrrole nitrogens is 1. The predicted octanol–water partition coefficient (Wildman–Crippen LogP) is 1.29. The summed E-state index contributed by atoms with van der Waals surface area (Å²) in [6.07, 6.45) is 7.30. The Morgan fingerprint density at radius 3 is 2.75 bits per heavy atom. The molecule has 1 saturated heterocycles. The largest absolute Gasteiger partial charge is 0.379 e. The molecule has 2 heterocycles.